The average Bonchev–Trinajstić information content (AvgIpc) is 2.99. The van der Waals surface area contributed by atoms with E-state index >= 15 is 0 Å². The molecule has 1 aliphatic rings. The Morgan fingerprint density at radius 3 is 2.12 bits per heavy atom. The van der Waals surface area contributed by atoms with E-state index in [2.05, 4.69) is 6.07 Å². The lowest BCUT2D eigenvalue weighted by Gasteiger charge is -2.35. The second-order valence-electron chi connectivity index (χ2n) is 8.63. The Balaban J connectivity index is 1.80. The van der Waals surface area contributed by atoms with Crippen LogP contribution in [0.5, 0.6) is 0 Å². The van der Waals surface area contributed by atoms with Gasteiger partial charge < -0.3 is 15.2 Å². The van der Waals surface area contributed by atoms with Crippen LogP contribution in [-0.4, -0.2) is 31.9 Å². The molecule has 3 aromatic carbocycles. The van der Waals surface area contributed by atoms with Gasteiger partial charge in [-0.05, 0) is 53.6 Å². The van der Waals surface area contributed by atoms with Crippen molar-refractivity contribution in [1.82, 2.24) is 0 Å². The molecule has 8 nitrogen and oxygen atoms in total. The van der Waals surface area contributed by atoms with Crippen LogP contribution < -0.4 is 10.6 Å². The number of anilines is 1. The number of nitrogens with two attached hydrogens (primary N) is 1. The van der Waals surface area contributed by atoms with Crippen LogP contribution >= 0.6 is 0 Å². The Morgan fingerprint density at radius 2 is 1.55 bits per heavy atom. The van der Waals surface area contributed by atoms with Crippen molar-refractivity contribution in [3.05, 3.63) is 130 Å². The first-order valence-corrected chi connectivity index (χ1v) is 12.0. The molecule has 3 aromatic rings. The summed E-state index contributed by atoms with van der Waals surface area (Å²) in [5.41, 5.74) is 8.01. The third kappa shape index (κ3) is 5.37. The molecule has 1 unspecified atom stereocenters. The first-order valence-electron chi connectivity index (χ1n) is 12.0. The molecule has 9 heteroatoms. The summed E-state index contributed by atoms with van der Waals surface area (Å²) in [6.07, 6.45) is 2.91. The van der Waals surface area contributed by atoms with E-state index in [1.165, 1.54) is 54.5 Å². The van der Waals surface area contributed by atoms with Crippen molar-refractivity contribution in [2.24, 2.45) is 5.73 Å². The van der Waals surface area contributed by atoms with Gasteiger partial charge in [-0.3, -0.25) is 9.69 Å². The minimum absolute atomic E-state index is 0.0293. The maximum Gasteiger partial charge on any atom is 0.355 e. The molecule has 40 heavy (non-hydrogen) atoms. The third-order valence-corrected chi connectivity index (χ3v) is 6.32. The maximum atomic E-state index is 13.1. The summed E-state index contributed by atoms with van der Waals surface area (Å²) < 4.78 is 23.2. The van der Waals surface area contributed by atoms with Crippen molar-refractivity contribution in [3.63, 3.8) is 0 Å². The van der Waals surface area contributed by atoms with Crippen LogP contribution in [0, 0.1) is 17.1 Å². The van der Waals surface area contributed by atoms with E-state index in [1.54, 1.807) is 48.5 Å². The molecule has 0 saturated heterocycles. The quantitative estimate of drug-likeness (QED) is 0.263. The largest absolute Gasteiger partial charge is 0.466 e. The number of esters is 2. The van der Waals surface area contributed by atoms with Crippen LogP contribution in [0.25, 0.3) is 6.08 Å². The fourth-order valence-corrected chi connectivity index (χ4v) is 4.40. The van der Waals surface area contributed by atoms with E-state index in [0.717, 1.165) is 7.11 Å². The highest BCUT2D eigenvalue weighted by molar-refractivity contribution is 6.08. The average molecular weight is 538 g/mol. The number of benzene rings is 3. The standard InChI is InChI=1S/C31H24FN3O5/c1-39-30(37)27-26(21-6-4-3-5-7-21)24(18-33)29(34)35(28(27)31(38)40-2)23-15-11-20(12-16-23)25(36)17-10-19-8-13-22(32)14-9-19/h3-17,26H,34H2,1-2H3. The van der Waals surface area contributed by atoms with Crippen molar-refractivity contribution in [1.29, 1.82) is 5.26 Å². The van der Waals surface area contributed by atoms with Crippen LogP contribution in [0.1, 0.15) is 27.4 Å². The molecule has 200 valence electrons. The highest BCUT2D eigenvalue weighted by atomic mass is 19.1. The van der Waals surface area contributed by atoms with Gasteiger partial charge in [0.25, 0.3) is 0 Å². The topological polar surface area (TPSA) is 123 Å². The van der Waals surface area contributed by atoms with Gasteiger partial charge in [-0.2, -0.15) is 5.26 Å². The predicted octanol–water partition coefficient (Wildman–Crippen LogP) is 4.62. The molecule has 1 aliphatic heterocycles. The SMILES string of the molecule is COC(=O)C1=C(C(=O)OC)N(c2ccc(C(=O)C=Cc3ccc(F)cc3)cc2)C(N)=C(C#N)C1c1ccccc1. The first kappa shape index (κ1) is 27.5. The molecular weight excluding hydrogens is 513 g/mol. The molecule has 0 spiro atoms. The minimum atomic E-state index is -0.985. The van der Waals surface area contributed by atoms with Gasteiger partial charge in [0.15, 0.2) is 5.78 Å². The molecule has 0 aliphatic carbocycles. The predicted molar refractivity (Wildman–Crippen MR) is 146 cm³/mol. The number of nitriles is 1. The number of methoxy groups -OCH3 is 2. The highest BCUT2D eigenvalue weighted by Gasteiger charge is 2.42. The molecule has 4 rings (SSSR count). The first-order chi connectivity index (χ1) is 19.3. The summed E-state index contributed by atoms with van der Waals surface area (Å²) in [5, 5.41) is 10.1. The lowest BCUT2D eigenvalue weighted by molar-refractivity contribution is -0.139. The number of allylic oxidation sites excluding steroid dienone is 2. The molecule has 0 fully saturated rings. The van der Waals surface area contributed by atoms with E-state index in [1.807, 2.05) is 0 Å². The molecule has 1 atom stereocenters. The van der Waals surface area contributed by atoms with Crippen LogP contribution in [0.15, 0.2) is 108 Å². The molecule has 2 N–H and O–H groups in total. The highest BCUT2D eigenvalue weighted by Crippen LogP contribution is 2.43. The number of ether oxygens (including phenoxy) is 2. The van der Waals surface area contributed by atoms with E-state index in [9.17, 15) is 24.0 Å². The summed E-state index contributed by atoms with van der Waals surface area (Å²) >= 11 is 0. The van der Waals surface area contributed by atoms with Gasteiger partial charge in [0, 0.05) is 11.3 Å². The Labute approximate surface area is 230 Å². The van der Waals surface area contributed by atoms with Gasteiger partial charge in [-0.1, -0.05) is 48.5 Å². The van der Waals surface area contributed by atoms with Gasteiger partial charge in [0.1, 0.15) is 17.3 Å². The van der Waals surface area contributed by atoms with Crippen LogP contribution in [0.2, 0.25) is 0 Å². The Hall–Kier alpha value is -5.49. The normalized spacial score (nSPS) is 15.2. The third-order valence-electron chi connectivity index (χ3n) is 6.32. The molecule has 0 bridgehead atoms. The van der Waals surface area contributed by atoms with E-state index < -0.39 is 17.9 Å². The van der Waals surface area contributed by atoms with Gasteiger partial charge in [-0.25, -0.2) is 14.0 Å². The summed E-state index contributed by atoms with van der Waals surface area (Å²) in [5.74, 6) is -3.48. The van der Waals surface area contributed by atoms with Crippen LogP contribution in [0.4, 0.5) is 10.1 Å². The van der Waals surface area contributed by atoms with Crippen molar-refractivity contribution < 1.29 is 28.2 Å². The fraction of sp³-hybridized carbons (Fsp3) is 0.0968. The minimum Gasteiger partial charge on any atom is -0.466 e. The second kappa shape index (κ2) is 11.9. The zero-order valence-electron chi connectivity index (χ0n) is 21.6. The Kier molecular flexibility index (Phi) is 8.21. The zero-order chi connectivity index (χ0) is 28.8. The van der Waals surface area contributed by atoms with Gasteiger partial charge in [-0.15, -0.1) is 0 Å². The summed E-state index contributed by atoms with van der Waals surface area (Å²) in [7, 11) is 2.33. The number of hydrogen-bond acceptors (Lipinski definition) is 8. The number of nitrogens with zero attached hydrogens (tertiary/aromatic N) is 2. The Morgan fingerprint density at radius 1 is 0.925 bits per heavy atom. The van der Waals surface area contributed by atoms with Crippen molar-refractivity contribution in [2.45, 2.75) is 5.92 Å². The molecule has 1 heterocycles. The van der Waals surface area contributed by atoms with E-state index in [4.69, 9.17) is 15.2 Å². The van der Waals surface area contributed by atoms with E-state index in [-0.39, 0.29) is 34.3 Å². The lowest BCUT2D eigenvalue weighted by atomic mass is 9.81. The van der Waals surface area contributed by atoms with Crippen molar-refractivity contribution in [2.75, 3.05) is 19.1 Å². The smallest absolute Gasteiger partial charge is 0.355 e. The molecule has 0 radical (unpaired) electrons. The number of hydrogen-bond donors (Lipinski definition) is 1. The molecule has 0 aromatic heterocycles. The molecular formula is C31H24FN3O5. The van der Waals surface area contributed by atoms with Crippen molar-refractivity contribution >= 4 is 29.5 Å². The number of carbonyl (C=O) groups excluding carboxylic acids is 3. The number of ketones is 1. The Bertz CT molecular complexity index is 1580. The van der Waals surface area contributed by atoms with E-state index in [0.29, 0.717) is 22.4 Å². The van der Waals surface area contributed by atoms with Crippen LogP contribution in [-0.2, 0) is 19.1 Å². The van der Waals surface area contributed by atoms with Gasteiger partial charge >= 0.3 is 11.9 Å². The monoisotopic (exact) mass is 537 g/mol. The molecule has 0 saturated carbocycles. The van der Waals surface area contributed by atoms with Crippen LogP contribution in [0.3, 0.4) is 0 Å². The zero-order valence-corrected chi connectivity index (χ0v) is 21.6. The number of carbonyl (C=O) groups is 3. The fourth-order valence-electron chi connectivity index (χ4n) is 4.40. The van der Waals surface area contributed by atoms with Gasteiger partial charge in [0.05, 0.1) is 37.4 Å². The number of halogens is 1. The summed E-state index contributed by atoms with van der Waals surface area (Å²) in [6, 6.07) is 22.5. The van der Waals surface area contributed by atoms with Crippen molar-refractivity contribution in [3.8, 4) is 6.07 Å². The number of rotatable bonds is 7. The second-order valence-corrected chi connectivity index (χ2v) is 8.63. The van der Waals surface area contributed by atoms with Gasteiger partial charge in [0.2, 0.25) is 0 Å². The summed E-state index contributed by atoms with van der Waals surface area (Å²) in [6.45, 7) is 0. The maximum absolute atomic E-state index is 13.1. The lowest BCUT2D eigenvalue weighted by Crippen LogP contribution is -2.40. The molecule has 0 amide bonds. The summed E-state index contributed by atoms with van der Waals surface area (Å²) in [4.78, 5) is 40.2.